The number of fused-ring (bicyclic) bond motifs is 3. The molecule has 0 aromatic heterocycles. The van der Waals surface area contributed by atoms with Crippen LogP contribution in [0.25, 0.3) is 33.0 Å². The van der Waals surface area contributed by atoms with Gasteiger partial charge in [-0.1, -0.05) is 56.3 Å². The van der Waals surface area contributed by atoms with Crippen molar-refractivity contribution < 1.29 is 9.59 Å². The molecule has 0 saturated carbocycles. The number of carbonyl (C=O) groups excluding carboxylic acids is 2. The molecule has 222 valence electrons. The van der Waals surface area contributed by atoms with Crippen LogP contribution >= 0.6 is 0 Å². The molecule has 0 atom stereocenters. The number of benzene rings is 3. The number of piperidine rings is 2. The van der Waals surface area contributed by atoms with Gasteiger partial charge in [0.2, 0.25) is 0 Å². The number of unbranched alkanes of at least 4 members (excludes halogenated alkanes) is 2. The maximum Gasteiger partial charge on any atom is 0.163 e. The molecule has 0 N–H and O–H groups in total. The molecule has 2 saturated heterocycles. The number of Topliss-reactive ketones (excluding diaryl/α,β-unsaturated/α-hetero) is 2. The lowest BCUT2D eigenvalue weighted by atomic mass is 9.94. The zero-order chi connectivity index (χ0) is 29.1. The second-order valence-electron chi connectivity index (χ2n) is 13.5. The zero-order valence-corrected chi connectivity index (χ0v) is 25.8. The summed E-state index contributed by atoms with van der Waals surface area (Å²) in [5.74, 6) is 2.20. The Hall–Kier alpha value is -2.82. The number of ketones is 2. The van der Waals surface area contributed by atoms with Crippen LogP contribution in [0, 0.1) is 11.8 Å². The van der Waals surface area contributed by atoms with Gasteiger partial charge in [-0.3, -0.25) is 9.59 Å². The van der Waals surface area contributed by atoms with Crippen molar-refractivity contribution in [3.05, 3.63) is 59.7 Å². The van der Waals surface area contributed by atoms with Crippen LogP contribution in [0.2, 0.25) is 0 Å². The van der Waals surface area contributed by atoms with Crippen molar-refractivity contribution in [2.45, 2.75) is 78.1 Å². The third-order valence-corrected chi connectivity index (χ3v) is 10.3. The van der Waals surface area contributed by atoms with E-state index in [4.69, 9.17) is 0 Å². The SMILES string of the molecule is CC1CCN(CCCCC(=O)c2ccc3c(c2)-c2ccc(C(=O)CCCCN4CCC(C)CC4)c4cccc-3c24)CC1. The minimum absolute atomic E-state index is 0.239. The average molecular weight is 565 g/mol. The van der Waals surface area contributed by atoms with E-state index in [1.165, 1.54) is 68.4 Å². The van der Waals surface area contributed by atoms with Crippen molar-refractivity contribution >= 4 is 22.3 Å². The molecule has 3 aromatic rings. The largest absolute Gasteiger partial charge is 0.303 e. The Morgan fingerprint density at radius 2 is 1.21 bits per heavy atom. The fourth-order valence-electron chi connectivity index (χ4n) is 7.37. The van der Waals surface area contributed by atoms with Gasteiger partial charge in [0.05, 0.1) is 0 Å². The predicted octanol–water partition coefficient (Wildman–Crippen LogP) is 8.66. The first-order valence-corrected chi connectivity index (χ1v) is 16.7. The van der Waals surface area contributed by atoms with Crippen LogP contribution in [0.4, 0.5) is 0 Å². The third-order valence-electron chi connectivity index (χ3n) is 10.3. The first-order chi connectivity index (χ1) is 20.5. The van der Waals surface area contributed by atoms with Gasteiger partial charge in [0.15, 0.2) is 11.6 Å². The van der Waals surface area contributed by atoms with Crippen molar-refractivity contribution in [1.29, 1.82) is 0 Å². The smallest absolute Gasteiger partial charge is 0.163 e. The molecule has 0 bridgehead atoms. The van der Waals surface area contributed by atoms with Gasteiger partial charge in [0, 0.05) is 24.0 Å². The zero-order valence-electron chi connectivity index (χ0n) is 25.8. The number of nitrogens with zero attached hydrogens (tertiary/aromatic N) is 2. The van der Waals surface area contributed by atoms with Crippen molar-refractivity contribution in [3.8, 4) is 22.3 Å². The minimum Gasteiger partial charge on any atom is -0.303 e. The fraction of sp³-hybridized carbons (Fsp3) is 0.526. The van der Waals surface area contributed by atoms with Crippen LogP contribution in [0.3, 0.4) is 0 Å². The number of hydrogen-bond acceptors (Lipinski definition) is 4. The lowest BCUT2D eigenvalue weighted by Gasteiger charge is -2.30. The molecule has 4 heteroatoms. The first-order valence-electron chi connectivity index (χ1n) is 16.7. The highest BCUT2D eigenvalue weighted by Gasteiger charge is 2.25. The van der Waals surface area contributed by atoms with E-state index in [2.05, 4.69) is 60.0 Å². The van der Waals surface area contributed by atoms with Crippen LogP contribution in [0.15, 0.2) is 48.5 Å². The summed E-state index contributed by atoms with van der Waals surface area (Å²) in [7, 11) is 0. The second kappa shape index (κ2) is 13.2. The standard InChI is InChI=1S/C38H48N2O2/c1-27-16-22-39(23-17-27)20-5-3-10-36(41)29-12-13-30-32-8-7-9-33-31(14-15-34(38(32)33)35(30)26-29)37(42)11-4-6-21-40-24-18-28(2)19-25-40/h7-9,12-15,26-28H,3-6,10-11,16-25H2,1-2H3. The molecular weight excluding hydrogens is 516 g/mol. The minimum atomic E-state index is 0.239. The molecule has 1 aliphatic carbocycles. The molecular formula is C38H48N2O2. The van der Waals surface area contributed by atoms with Crippen LogP contribution in [0.5, 0.6) is 0 Å². The molecule has 4 nitrogen and oxygen atoms in total. The highest BCUT2D eigenvalue weighted by Crippen LogP contribution is 2.48. The summed E-state index contributed by atoms with van der Waals surface area (Å²) < 4.78 is 0. The third kappa shape index (κ3) is 6.40. The van der Waals surface area contributed by atoms with Gasteiger partial charge in [-0.25, -0.2) is 0 Å². The molecule has 2 heterocycles. The van der Waals surface area contributed by atoms with E-state index < -0.39 is 0 Å². The highest BCUT2D eigenvalue weighted by molar-refractivity contribution is 6.21. The summed E-state index contributed by atoms with van der Waals surface area (Å²) in [5, 5.41) is 2.22. The van der Waals surface area contributed by atoms with Gasteiger partial charge in [-0.15, -0.1) is 0 Å². The number of hydrogen-bond donors (Lipinski definition) is 0. The molecule has 3 aliphatic rings. The van der Waals surface area contributed by atoms with E-state index in [0.717, 1.165) is 78.2 Å². The number of likely N-dealkylation sites (tertiary alicyclic amines) is 2. The number of rotatable bonds is 12. The molecule has 3 aromatic carbocycles. The molecule has 0 radical (unpaired) electrons. The van der Waals surface area contributed by atoms with E-state index in [1.54, 1.807) is 0 Å². The van der Waals surface area contributed by atoms with Gasteiger partial charge < -0.3 is 9.80 Å². The molecule has 0 spiro atoms. The molecule has 2 fully saturated rings. The Kier molecular flexibility index (Phi) is 9.21. The van der Waals surface area contributed by atoms with E-state index in [-0.39, 0.29) is 11.6 Å². The van der Waals surface area contributed by atoms with Crippen molar-refractivity contribution in [1.82, 2.24) is 9.80 Å². The fourth-order valence-corrected chi connectivity index (χ4v) is 7.37. The Morgan fingerprint density at radius 1 is 0.643 bits per heavy atom. The van der Waals surface area contributed by atoms with Crippen LogP contribution in [0.1, 0.15) is 98.8 Å². The molecule has 42 heavy (non-hydrogen) atoms. The summed E-state index contributed by atoms with van der Waals surface area (Å²) in [6.45, 7) is 11.7. The molecule has 2 aliphatic heterocycles. The average Bonchev–Trinajstić information content (AvgIpc) is 3.33. The highest BCUT2D eigenvalue weighted by atomic mass is 16.1. The lowest BCUT2D eigenvalue weighted by Crippen LogP contribution is -2.33. The normalized spacial score (nSPS) is 18.0. The maximum atomic E-state index is 13.4. The molecule has 0 amide bonds. The van der Waals surface area contributed by atoms with Gasteiger partial charge in [0.25, 0.3) is 0 Å². The summed E-state index contributed by atoms with van der Waals surface area (Å²) in [6, 6.07) is 16.7. The van der Waals surface area contributed by atoms with E-state index in [9.17, 15) is 9.59 Å². The lowest BCUT2D eigenvalue weighted by molar-refractivity contribution is 0.0969. The maximum absolute atomic E-state index is 13.4. The first kappa shape index (κ1) is 29.3. The summed E-state index contributed by atoms with van der Waals surface area (Å²) in [5.41, 5.74) is 6.29. The predicted molar refractivity (Wildman–Crippen MR) is 174 cm³/mol. The van der Waals surface area contributed by atoms with E-state index in [1.807, 2.05) is 12.1 Å². The topological polar surface area (TPSA) is 40.6 Å². The molecule has 0 unspecified atom stereocenters. The van der Waals surface area contributed by atoms with Crippen LogP contribution in [-0.2, 0) is 0 Å². The van der Waals surface area contributed by atoms with Gasteiger partial charge in [0.1, 0.15) is 0 Å². The quantitative estimate of drug-likeness (QED) is 0.128. The van der Waals surface area contributed by atoms with Crippen LogP contribution in [-0.4, -0.2) is 60.6 Å². The summed E-state index contributed by atoms with van der Waals surface area (Å²) >= 11 is 0. The van der Waals surface area contributed by atoms with E-state index >= 15 is 0 Å². The molecule has 6 rings (SSSR count). The summed E-state index contributed by atoms with van der Waals surface area (Å²) in [6.07, 6.45) is 10.5. The Morgan fingerprint density at radius 3 is 1.86 bits per heavy atom. The Balaban J connectivity index is 1.08. The van der Waals surface area contributed by atoms with Crippen molar-refractivity contribution in [3.63, 3.8) is 0 Å². The Labute approximate surface area is 252 Å². The van der Waals surface area contributed by atoms with Gasteiger partial charge in [-0.05, 0) is 142 Å². The number of carbonyl (C=O) groups is 2. The second-order valence-corrected chi connectivity index (χ2v) is 13.5. The monoisotopic (exact) mass is 564 g/mol. The van der Waals surface area contributed by atoms with E-state index in [0.29, 0.717) is 12.8 Å². The summed E-state index contributed by atoms with van der Waals surface area (Å²) in [4.78, 5) is 31.7. The van der Waals surface area contributed by atoms with Crippen molar-refractivity contribution in [2.75, 3.05) is 39.3 Å². The van der Waals surface area contributed by atoms with Crippen molar-refractivity contribution in [2.24, 2.45) is 11.8 Å². The Bertz CT molecular complexity index is 1430. The van der Waals surface area contributed by atoms with Crippen LogP contribution < -0.4 is 0 Å². The van der Waals surface area contributed by atoms with Gasteiger partial charge in [-0.2, -0.15) is 0 Å². The van der Waals surface area contributed by atoms with Gasteiger partial charge >= 0.3 is 0 Å².